The van der Waals surface area contributed by atoms with E-state index in [0.717, 1.165) is 13.1 Å². The molecule has 1 saturated heterocycles. The number of hydrogen-bond donors (Lipinski definition) is 3. The lowest BCUT2D eigenvalue weighted by Crippen LogP contribution is -2.46. The van der Waals surface area contributed by atoms with Gasteiger partial charge < -0.3 is 19.8 Å². The topological polar surface area (TPSA) is 160 Å². The number of nitrogens with one attached hydrogen (secondary N) is 1. The number of alkyl halides is 3. The second-order valence-electron chi connectivity index (χ2n) is 8.09. The Morgan fingerprint density at radius 2 is 1.67 bits per heavy atom. The highest BCUT2D eigenvalue weighted by molar-refractivity contribution is 7.92. The second-order valence-corrected chi connectivity index (χ2v) is 9.77. The summed E-state index contributed by atoms with van der Waals surface area (Å²) in [7, 11) is -3.94. The molecule has 0 aliphatic carbocycles. The normalized spacial score (nSPS) is 14.0. The summed E-state index contributed by atoms with van der Waals surface area (Å²) in [5, 5.41) is 25.3. The summed E-state index contributed by atoms with van der Waals surface area (Å²) in [5.41, 5.74) is 0.819. The fraction of sp³-hybridized carbons (Fsp3) is 0.375. The highest BCUT2D eigenvalue weighted by Gasteiger charge is 2.38. The molecule has 0 unspecified atom stereocenters. The van der Waals surface area contributed by atoms with Gasteiger partial charge in [-0.3, -0.25) is 9.62 Å². The number of piperazine rings is 1. The quantitative estimate of drug-likeness (QED) is 0.407. The maximum absolute atomic E-state index is 13.0. The molecule has 0 saturated carbocycles. The lowest BCUT2D eigenvalue weighted by Gasteiger charge is -2.36. The number of nitriles is 1. The lowest BCUT2D eigenvalue weighted by molar-refractivity contribution is -0.192. The average molecular weight is 573 g/mol. The molecule has 1 aliphatic rings. The summed E-state index contributed by atoms with van der Waals surface area (Å²) in [6.07, 6.45) is -4.62. The third kappa shape index (κ3) is 9.34. The van der Waals surface area contributed by atoms with Crippen molar-refractivity contribution in [2.75, 3.05) is 49.0 Å². The standard InChI is InChI=1S/C22H26N4O5S.C2HF3O2/c1-2-31-18-5-7-19(8-6-18)32(29,30)24-20-16-17(22(27)28)4-9-21(20)26-14-12-25(13-15-26)11-3-10-23;3-2(4,5)1(6)7/h4-9,16,24H,2-3,11-15H2,1H3,(H,27,28);(H,6,7). The first kappa shape index (κ1) is 31.2. The van der Waals surface area contributed by atoms with E-state index in [0.29, 0.717) is 44.1 Å². The highest BCUT2D eigenvalue weighted by atomic mass is 32.2. The van der Waals surface area contributed by atoms with Gasteiger partial charge in [-0.05, 0) is 49.4 Å². The zero-order chi connectivity index (χ0) is 29.2. The van der Waals surface area contributed by atoms with Gasteiger partial charge in [0.15, 0.2) is 0 Å². The van der Waals surface area contributed by atoms with Crippen molar-refractivity contribution < 1.29 is 46.1 Å². The molecule has 3 rings (SSSR count). The number of ether oxygens (including phenoxy) is 1. The van der Waals surface area contributed by atoms with Crippen molar-refractivity contribution in [1.82, 2.24) is 4.90 Å². The van der Waals surface area contributed by atoms with E-state index in [-0.39, 0.29) is 16.1 Å². The van der Waals surface area contributed by atoms with E-state index < -0.39 is 28.1 Å². The Bertz CT molecular complexity index is 1290. The van der Waals surface area contributed by atoms with Crippen LogP contribution in [0, 0.1) is 11.3 Å². The van der Waals surface area contributed by atoms with Crippen molar-refractivity contribution in [1.29, 1.82) is 5.26 Å². The monoisotopic (exact) mass is 572 g/mol. The van der Waals surface area contributed by atoms with Crippen LogP contribution in [-0.2, 0) is 14.8 Å². The van der Waals surface area contributed by atoms with Gasteiger partial charge in [-0.1, -0.05) is 0 Å². The van der Waals surface area contributed by atoms with Crippen molar-refractivity contribution in [2.24, 2.45) is 0 Å². The molecule has 3 N–H and O–H groups in total. The van der Waals surface area contributed by atoms with Crippen LogP contribution in [0.5, 0.6) is 5.75 Å². The number of rotatable bonds is 9. The minimum atomic E-state index is -5.08. The molecule has 2 aromatic rings. The molecule has 11 nitrogen and oxygen atoms in total. The first-order chi connectivity index (χ1) is 18.3. The number of anilines is 2. The number of aliphatic carboxylic acids is 1. The molecule has 0 aromatic heterocycles. The van der Waals surface area contributed by atoms with Crippen molar-refractivity contribution >= 4 is 33.3 Å². The zero-order valence-corrected chi connectivity index (χ0v) is 21.6. The van der Waals surface area contributed by atoms with Gasteiger partial charge in [0, 0.05) is 39.1 Å². The van der Waals surface area contributed by atoms with E-state index in [2.05, 4.69) is 15.7 Å². The number of nitrogens with zero attached hydrogens (tertiary/aromatic N) is 3. The molecular formula is C24H27F3N4O7S. The summed E-state index contributed by atoms with van der Waals surface area (Å²) >= 11 is 0. The molecule has 15 heteroatoms. The van der Waals surface area contributed by atoms with Crippen LogP contribution in [-0.4, -0.2) is 81.0 Å². The van der Waals surface area contributed by atoms with Crippen LogP contribution in [0.3, 0.4) is 0 Å². The predicted molar refractivity (Wildman–Crippen MR) is 134 cm³/mol. The van der Waals surface area contributed by atoms with Crippen LogP contribution in [0.2, 0.25) is 0 Å². The Hall–Kier alpha value is -4.03. The van der Waals surface area contributed by atoms with Crippen LogP contribution in [0.1, 0.15) is 23.7 Å². The third-order valence-corrected chi connectivity index (χ3v) is 6.81. The second kappa shape index (κ2) is 13.7. The fourth-order valence-corrected chi connectivity index (χ4v) is 4.60. The van der Waals surface area contributed by atoms with Crippen molar-refractivity contribution in [3.05, 3.63) is 48.0 Å². The van der Waals surface area contributed by atoms with Gasteiger partial charge in [0.2, 0.25) is 0 Å². The number of halogens is 3. The van der Waals surface area contributed by atoms with Crippen molar-refractivity contribution in [2.45, 2.75) is 24.4 Å². The smallest absolute Gasteiger partial charge is 0.490 e. The van der Waals surface area contributed by atoms with Crippen LogP contribution < -0.4 is 14.4 Å². The zero-order valence-electron chi connectivity index (χ0n) is 20.8. The van der Waals surface area contributed by atoms with E-state index in [4.69, 9.17) is 19.9 Å². The van der Waals surface area contributed by atoms with Gasteiger partial charge >= 0.3 is 18.1 Å². The maximum Gasteiger partial charge on any atom is 0.490 e. The van der Waals surface area contributed by atoms with Crippen molar-refractivity contribution in [3.8, 4) is 11.8 Å². The minimum absolute atomic E-state index is 0.00852. The summed E-state index contributed by atoms with van der Waals surface area (Å²) < 4.78 is 65.7. The molecule has 0 spiro atoms. The van der Waals surface area contributed by atoms with Gasteiger partial charge in [0.1, 0.15) is 5.75 Å². The van der Waals surface area contributed by atoms with Crippen LogP contribution in [0.4, 0.5) is 24.5 Å². The number of carbonyl (C=O) groups is 2. The first-order valence-corrected chi connectivity index (χ1v) is 13.0. The molecule has 39 heavy (non-hydrogen) atoms. The van der Waals surface area contributed by atoms with Gasteiger partial charge in [-0.15, -0.1) is 0 Å². The van der Waals surface area contributed by atoms with E-state index in [1.807, 2.05) is 11.8 Å². The number of sulfonamides is 1. The van der Waals surface area contributed by atoms with E-state index in [9.17, 15) is 31.5 Å². The minimum Gasteiger partial charge on any atom is -0.494 e. The predicted octanol–water partition coefficient (Wildman–Crippen LogP) is 3.25. The SMILES string of the molecule is CCOc1ccc(S(=O)(=O)Nc2cc(C(=O)O)ccc2N2CCN(CCC#N)CC2)cc1.O=C(O)C(F)(F)F. The Labute approximate surface area is 223 Å². The van der Waals surface area contributed by atoms with Gasteiger partial charge in [-0.2, -0.15) is 18.4 Å². The summed E-state index contributed by atoms with van der Waals surface area (Å²) in [6, 6.07) is 12.6. The molecule has 2 aromatic carbocycles. The molecule has 1 aliphatic heterocycles. The fourth-order valence-electron chi connectivity index (χ4n) is 3.53. The third-order valence-electron chi connectivity index (χ3n) is 5.43. The number of benzene rings is 2. The summed E-state index contributed by atoms with van der Waals surface area (Å²) in [4.78, 5) is 24.6. The van der Waals surface area contributed by atoms with Crippen LogP contribution in [0.25, 0.3) is 0 Å². The Kier molecular flexibility index (Phi) is 10.9. The Morgan fingerprint density at radius 3 is 2.15 bits per heavy atom. The Morgan fingerprint density at radius 1 is 1.08 bits per heavy atom. The first-order valence-electron chi connectivity index (χ1n) is 11.6. The molecule has 1 fully saturated rings. The number of carboxylic acids is 2. The van der Waals surface area contributed by atoms with Crippen molar-refractivity contribution in [3.63, 3.8) is 0 Å². The van der Waals surface area contributed by atoms with Gasteiger partial charge in [-0.25, -0.2) is 18.0 Å². The molecule has 0 bridgehead atoms. The van der Waals surface area contributed by atoms with Crippen LogP contribution in [0.15, 0.2) is 47.4 Å². The Balaban J connectivity index is 0.000000673. The van der Waals surface area contributed by atoms with E-state index >= 15 is 0 Å². The molecular weight excluding hydrogens is 545 g/mol. The number of carboxylic acid groups (broad SMARTS) is 2. The van der Waals surface area contributed by atoms with E-state index in [1.165, 1.54) is 24.3 Å². The largest absolute Gasteiger partial charge is 0.494 e. The van der Waals surface area contributed by atoms with Gasteiger partial charge in [0.25, 0.3) is 10.0 Å². The highest BCUT2D eigenvalue weighted by Crippen LogP contribution is 2.31. The molecule has 1 heterocycles. The molecule has 0 amide bonds. The summed E-state index contributed by atoms with van der Waals surface area (Å²) in [5.74, 6) is -3.33. The molecule has 0 radical (unpaired) electrons. The van der Waals surface area contributed by atoms with Crippen LogP contribution >= 0.6 is 0 Å². The molecule has 212 valence electrons. The van der Waals surface area contributed by atoms with Gasteiger partial charge in [0.05, 0.1) is 34.5 Å². The lowest BCUT2D eigenvalue weighted by atomic mass is 10.1. The average Bonchev–Trinajstić information content (AvgIpc) is 2.88. The molecule has 0 atom stereocenters. The maximum atomic E-state index is 13.0. The van der Waals surface area contributed by atoms with E-state index in [1.54, 1.807) is 18.2 Å². The number of hydrogen-bond acceptors (Lipinski definition) is 8. The summed E-state index contributed by atoms with van der Waals surface area (Å²) in [6.45, 7) is 5.73. The number of aromatic carboxylic acids is 1.